The molecule has 1 aliphatic carbocycles. The van der Waals surface area contributed by atoms with Gasteiger partial charge in [-0.05, 0) is 41.7 Å². The number of imide groups is 1. The van der Waals surface area contributed by atoms with Gasteiger partial charge in [0.2, 0.25) is 0 Å². The molecular weight excluding hydrogens is 372 g/mol. The summed E-state index contributed by atoms with van der Waals surface area (Å²) in [5.41, 5.74) is 0. The number of carbonyl (C=O) groups excluding carboxylic acids is 3. The summed E-state index contributed by atoms with van der Waals surface area (Å²) in [6.45, 7) is 1.23. The van der Waals surface area contributed by atoms with Crippen molar-refractivity contribution in [1.82, 2.24) is 10.6 Å². The van der Waals surface area contributed by atoms with Crippen LogP contribution in [0.25, 0.3) is 10.8 Å². The maximum Gasteiger partial charge on any atom is 0.344 e. The molecule has 154 valence electrons. The molecule has 3 rings (SSSR count). The summed E-state index contributed by atoms with van der Waals surface area (Å²) in [6.07, 6.45) is 4.20. The number of rotatable bonds is 6. The van der Waals surface area contributed by atoms with Gasteiger partial charge in [0.05, 0.1) is 0 Å². The quantitative estimate of drug-likeness (QED) is 0.729. The van der Waals surface area contributed by atoms with E-state index in [1.165, 1.54) is 0 Å². The number of carbonyl (C=O) groups is 3. The van der Waals surface area contributed by atoms with Crippen LogP contribution in [0.2, 0.25) is 0 Å². The first-order valence-electron chi connectivity index (χ1n) is 9.89. The van der Waals surface area contributed by atoms with E-state index >= 15 is 0 Å². The summed E-state index contributed by atoms with van der Waals surface area (Å²) in [4.78, 5) is 35.5. The molecule has 0 radical (unpaired) electrons. The standard InChI is InChI=1S/C22H26N2O5/c1-15-6-2-5-9-19(15)23-22(27)24-20(25)13-29-21(26)14-28-18-11-10-16-7-3-4-8-17(16)12-18/h3-4,7-8,10-12,15,19H,2,5-6,9,13-14H2,1H3,(H2,23,24,25,27)/t15-,19+/m0/s1. The van der Waals surface area contributed by atoms with Crippen molar-refractivity contribution >= 4 is 28.7 Å². The van der Waals surface area contributed by atoms with Crippen LogP contribution in [0.4, 0.5) is 4.79 Å². The van der Waals surface area contributed by atoms with Crippen molar-refractivity contribution in [2.75, 3.05) is 13.2 Å². The van der Waals surface area contributed by atoms with Crippen LogP contribution < -0.4 is 15.4 Å². The van der Waals surface area contributed by atoms with Gasteiger partial charge in [-0.3, -0.25) is 10.1 Å². The van der Waals surface area contributed by atoms with E-state index in [4.69, 9.17) is 9.47 Å². The SMILES string of the molecule is C[C@H]1CCCC[C@H]1NC(=O)NC(=O)COC(=O)COc1ccc2ccccc2c1. The summed E-state index contributed by atoms with van der Waals surface area (Å²) in [7, 11) is 0. The Kier molecular flexibility index (Phi) is 7.05. The zero-order valence-corrected chi connectivity index (χ0v) is 16.5. The molecule has 0 spiro atoms. The zero-order valence-electron chi connectivity index (χ0n) is 16.5. The van der Waals surface area contributed by atoms with Gasteiger partial charge in [0.25, 0.3) is 5.91 Å². The minimum atomic E-state index is -0.686. The van der Waals surface area contributed by atoms with Crippen molar-refractivity contribution in [1.29, 1.82) is 0 Å². The molecule has 0 saturated heterocycles. The molecule has 0 aromatic heterocycles. The van der Waals surface area contributed by atoms with E-state index < -0.39 is 24.5 Å². The van der Waals surface area contributed by atoms with Crippen LogP contribution in [0.3, 0.4) is 0 Å². The Bertz CT molecular complexity index is 882. The van der Waals surface area contributed by atoms with Crippen molar-refractivity contribution in [2.45, 2.75) is 38.6 Å². The largest absolute Gasteiger partial charge is 0.482 e. The average Bonchev–Trinajstić information content (AvgIpc) is 2.72. The minimum absolute atomic E-state index is 0.0643. The zero-order chi connectivity index (χ0) is 20.6. The fourth-order valence-electron chi connectivity index (χ4n) is 3.49. The van der Waals surface area contributed by atoms with Gasteiger partial charge in [-0.25, -0.2) is 9.59 Å². The Morgan fingerprint density at radius 1 is 1.00 bits per heavy atom. The van der Waals surface area contributed by atoms with E-state index in [2.05, 4.69) is 17.6 Å². The normalized spacial score (nSPS) is 18.7. The van der Waals surface area contributed by atoms with E-state index in [0.717, 1.165) is 36.5 Å². The van der Waals surface area contributed by atoms with Gasteiger partial charge in [0.15, 0.2) is 13.2 Å². The number of amides is 3. The molecule has 0 unspecified atom stereocenters. The fourth-order valence-corrected chi connectivity index (χ4v) is 3.49. The van der Waals surface area contributed by atoms with Gasteiger partial charge < -0.3 is 14.8 Å². The number of hydrogen-bond donors (Lipinski definition) is 2. The lowest BCUT2D eigenvalue weighted by Crippen LogP contribution is -2.48. The van der Waals surface area contributed by atoms with Crippen molar-refractivity contribution in [3.05, 3.63) is 42.5 Å². The highest BCUT2D eigenvalue weighted by atomic mass is 16.6. The van der Waals surface area contributed by atoms with Gasteiger partial charge in [0.1, 0.15) is 5.75 Å². The van der Waals surface area contributed by atoms with Crippen LogP contribution in [0.1, 0.15) is 32.6 Å². The smallest absolute Gasteiger partial charge is 0.344 e. The van der Waals surface area contributed by atoms with E-state index in [1.807, 2.05) is 36.4 Å². The maximum absolute atomic E-state index is 11.9. The van der Waals surface area contributed by atoms with Gasteiger partial charge in [-0.2, -0.15) is 0 Å². The fraction of sp³-hybridized carbons (Fsp3) is 0.409. The average molecular weight is 398 g/mol. The Morgan fingerprint density at radius 3 is 2.55 bits per heavy atom. The van der Waals surface area contributed by atoms with Crippen molar-refractivity contribution in [2.24, 2.45) is 5.92 Å². The molecular formula is C22H26N2O5. The Balaban J connectivity index is 1.37. The molecule has 0 heterocycles. The number of benzene rings is 2. The lowest BCUT2D eigenvalue weighted by molar-refractivity contribution is -0.150. The Labute approximate surface area is 169 Å². The Morgan fingerprint density at radius 2 is 1.76 bits per heavy atom. The van der Waals surface area contributed by atoms with Crippen LogP contribution in [-0.2, 0) is 14.3 Å². The van der Waals surface area contributed by atoms with Gasteiger partial charge in [-0.15, -0.1) is 0 Å². The number of urea groups is 1. The summed E-state index contributed by atoms with van der Waals surface area (Å²) >= 11 is 0. The van der Waals surface area contributed by atoms with Gasteiger partial charge in [0, 0.05) is 6.04 Å². The molecule has 1 fully saturated rings. The lowest BCUT2D eigenvalue weighted by Gasteiger charge is -2.29. The van der Waals surface area contributed by atoms with E-state index in [9.17, 15) is 14.4 Å². The van der Waals surface area contributed by atoms with E-state index in [-0.39, 0.29) is 12.6 Å². The Hall–Kier alpha value is -3.09. The minimum Gasteiger partial charge on any atom is -0.482 e. The third-order valence-corrected chi connectivity index (χ3v) is 5.12. The molecule has 7 nitrogen and oxygen atoms in total. The third-order valence-electron chi connectivity index (χ3n) is 5.12. The number of nitrogens with one attached hydrogen (secondary N) is 2. The van der Waals surface area contributed by atoms with Crippen LogP contribution >= 0.6 is 0 Å². The highest BCUT2D eigenvalue weighted by molar-refractivity contribution is 5.95. The number of esters is 1. The second kappa shape index (κ2) is 9.91. The summed E-state index contributed by atoms with van der Waals surface area (Å²) < 4.78 is 10.3. The molecule has 1 aliphatic rings. The molecule has 2 aromatic carbocycles. The second-order valence-electron chi connectivity index (χ2n) is 7.35. The number of fused-ring (bicyclic) bond motifs is 1. The summed E-state index contributed by atoms with van der Waals surface area (Å²) in [6, 6.07) is 12.8. The maximum atomic E-state index is 11.9. The van der Waals surface area contributed by atoms with Crippen molar-refractivity contribution in [3.8, 4) is 5.75 Å². The molecule has 1 saturated carbocycles. The molecule has 3 amide bonds. The van der Waals surface area contributed by atoms with Crippen molar-refractivity contribution < 1.29 is 23.9 Å². The molecule has 29 heavy (non-hydrogen) atoms. The van der Waals surface area contributed by atoms with Crippen LogP contribution in [0.5, 0.6) is 5.75 Å². The van der Waals surface area contributed by atoms with Gasteiger partial charge >= 0.3 is 12.0 Å². The summed E-state index contributed by atoms with van der Waals surface area (Å²) in [5, 5.41) is 7.07. The first kappa shape index (κ1) is 20.6. The molecule has 7 heteroatoms. The topological polar surface area (TPSA) is 93.7 Å². The monoisotopic (exact) mass is 398 g/mol. The first-order valence-corrected chi connectivity index (χ1v) is 9.89. The van der Waals surface area contributed by atoms with Crippen molar-refractivity contribution in [3.63, 3.8) is 0 Å². The number of hydrogen-bond acceptors (Lipinski definition) is 5. The number of ether oxygens (including phenoxy) is 2. The second-order valence-corrected chi connectivity index (χ2v) is 7.35. The molecule has 2 N–H and O–H groups in total. The van der Waals surface area contributed by atoms with Crippen LogP contribution in [0.15, 0.2) is 42.5 Å². The summed E-state index contributed by atoms with van der Waals surface area (Å²) in [5.74, 6) is -0.444. The van der Waals surface area contributed by atoms with Crippen LogP contribution in [0, 0.1) is 5.92 Å². The molecule has 2 atom stereocenters. The predicted molar refractivity (Wildman–Crippen MR) is 108 cm³/mol. The van der Waals surface area contributed by atoms with E-state index in [0.29, 0.717) is 11.7 Å². The molecule has 0 bridgehead atoms. The first-order chi connectivity index (χ1) is 14.0. The predicted octanol–water partition coefficient (Wildman–Crippen LogP) is 3.17. The van der Waals surface area contributed by atoms with Gasteiger partial charge in [-0.1, -0.05) is 50.1 Å². The third kappa shape index (κ3) is 6.20. The lowest BCUT2D eigenvalue weighted by atomic mass is 9.86. The highest BCUT2D eigenvalue weighted by Crippen LogP contribution is 2.23. The highest BCUT2D eigenvalue weighted by Gasteiger charge is 2.23. The van der Waals surface area contributed by atoms with Crippen LogP contribution in [-0.4, -0.2) is 37.2 Å². The molecule has 0 aliphatic heterocycles. The molecule has 2 aromatic rings. The van der Waals surface area contributed by atoms with E-state index in [1.54, 1.807) is 6.07 Å².